The van der Waals surface area contributed by atoms with Gasteiger partial charge in [-0.2, -0.15) is 4.98 Å². The van der Waals surface area contributed by atoms with Crippen LogP contribution in [-0.4, -0.2) is 40.7 Å². The van der Waals surface area contributed by atoms with Gasteiger partial charge in [0.05, 0.1) is 13.1 Å². The van der Waals surface area contributed by atoms with Crippen LogP contribution in [0.15, 0.2) is 29.1 Å². The van der Waals surface area contributed by atoms with Gasteiger partial charge in [0.2, 0.25) is 5.88 Å². The van der Waals surface area contributed by atoms with E-state index in [0.29, 0.717) is 17.8 Å². The maximum atomic E-state index is 11.8. The molecular formula is C17H21N3O5. The number of carbonyl (C=O) groups is 2. The van der Waals surface area contributed by atoms with Gasteiger partial charge in [-0.15, -0.1) is 0 Å². The van der Waals surface area contributed by atoms with Gasteiger partial charge in [0.25, 0.3) is 5.56 Å². The molecule has 0 aliphatic heterocycles. The monoisotopic (exact) mass is 347 g/mol. The van der Waals surface area contributed by atoms with E-state index in [1.165, 1.54) is 10.6 Å². The Morgan fingerprint density at radius 1 is 1.28 bits per heavy atom. The van der Waals surface area contributed by atoms with E-state index in [0.717, 1.165) is 5.39 Å². The third-order valence-electron chi connectivity index (χ3n) is 3.08. The Morgan fingerprint density at radius 3 is 2.68 bits per heavy atom. The van der Waals surface area contributed by atoms with Crippen LogP contribution in [0.1, 0.15) is 20.8 Å². The SMILES string of the molecule is CC(C)(C)OC(=O)NCCOc1ccc2ccc(=O)n(CC=O)c2n1. The molecule has 2 rings (SSSR count). The van der Waals surface area contributed by atoms with Gasteiger partial charge in [-0.1, -0.05) is 0 Å². The average molecular weight is 347 g/mol. The average Bonchev–Trinajstić information content (AvgIpc) is 2.53. The van der Waals surface area contributed by atoms with Crippen LogP contribution in [0.5, 0.6) is 5.88 Å². The van der Waals surface area contributed by atoms with E-state index in [-0.39, 0.29) is 25.3 Å². The highest BCUT2D eigenvalue weighted by Crippen LogP contribution is 2.15. The molecule has 2 aromatic rings. The number of nitrogens with one attached hydrogen (secondary N) is 1. The van der Waals surface area contributed by atoms with E-state index in [2.05, 4.69) is 10.3 Å². The van der Waals surface area contributed by atoms with E-state index in [1.807, 2.05) is 0 Å². The van der Waals surface area contributed by atoms with Crippen LogP contribution in [0.3, 0.4) is 0 Å². The van der Waals surface area contributed by atoms with E-state index in [1.54, 1.807) is 39.0 Å². The Hall–Kier alpha value is -2.90. The zero-order chi connectivity index (χ0) is 18.4. The molecule has 0 bridgehead atoms. The van der Waals surface area contributed by atoms with Crippen LogP contribution in [0.4, 0.5) is 4.79 Å². The predicted octanol–water partition coefficient (Wildman–Crippen LogP) is 1.50. The summed E-state index contributed by atoms with van der Waals surface area (Å²) >= 11 is 0. The Balaban J connectivity index is 2.00. The van der Waals surface area contributed by atoms with Crippen molar-refractivity contribution in [1.82, 2.24) is 14.9 Å². The predicted molar refractivity (Wildman–Crippen MR) is 91.8 cm³/mol. The number of carbonyl (C=O) groups excluding carboxylic acids is 2. The summed E-state index contributed by atoms with van der Waals surface area (Å²) in [5.41, 5.74) is -0.499. The van der Waals surface area contributed by atoms with Crippen LogP contribution < -0.4 is 15.6 Å². The minimum atomic E-state index is -0.562. The standard InChI is InChI=1S/C17H21N3O5/c1-17(2,3)25-16(23)18-8-11-24-13-6-4-12-5-7-14(22)20(9-10-21)15(12)19-13/h4-7,10H,8-9,11H2,1-3H3,(H,18,23). The minimum Gasteiger partial charge on any atom is -0.476 e. The third kappa shape index (κ3) is 5.30. The first-order valence-electron chi connectivity index (χ1n) is 7.84. The molecule has 0 fully saturated rings. The molecule has 2 heterocycles. The molecule has 0 unspecified atom stereocenters. The number of pyridine rings is 2. The Labute approximate surface area is 144 Å². The molecule has 25 heavy (non-hydrogen) atoms. The lowest BCUT2D eigenvalue weighted by Crippen LogP contribution is -2.34. The molecule has 8 nitrogen and oxygen atoms in total. The number of amides is 1. The minimum absolute atomic E-state index is 0.0766. The van der Waals surface area contributed by atoms with Crippen molar-refractivity contribution in [2.24, 2.45) is 0 Å². The number of hydrogen-bond donors (Lipinski definition) is 1. The van der Waals surface area contributed by atoms with Crippen molar-refractivity contribution in [2.45, 2.75) is 32.9 Å². The van der Waals surface area contributed by atoms with Crippen LogP contribution >= 0.6 is 0 Å². The second-order valence-corrected chi connectivity index (χ2v) is 6.29. The van der Waals surface area contributed by atoms with E-state index >= 15 is 0 Å². The molecule has 0 aliphatic rings. The number of rotatable bonds is 6. The lowest BCUT2D eigenvalue weighted by atomic mass is 10.2. The fraction of sp³-hybridized carbons (Fsp3) is 0.412. The van der Waals surface area contributed by atoms with E-state index < -0.39 is 11.7 Å². The van der Waals surface area contributed by atoms with Gasteiger partial charge in [-0.3, -0.25) is 9.36 Å². The van der Waals surface area contributed by atoms with Crippen molar-refractivity contribution in [2.75, 3.05) is 13.2 Å². The summed E-state index contributed by atoms with van der Waals surface area (Å²) in [6, 6.07) is 6.43. The fourth-order valence-corrected chi connectivity index (χ4v) is 2.10. The highest BCUT2D eigenvalue weighted by molar-refractivity contribution is 5.76. The summed E-state index contributed by atoms with van der Waals surface area (Å²) in [4.78, 5) is 38.4. The summed E-state index contributed by atoms with van der Waals surface area (Å²) in [5, 5.41) is 3.29. The maximum absolute atomic E-state index is 11.8. The molecule has 1 N–H and O–H groups in total. The number of aromatic nitrogens is 2. The molecule has 134 valence electrons. The molecule has 0 atom stereocenters. The van der Waals surface area contributed by atoms with Crippen molar-refractivity contribution in [3.05, 3.63) is 34.6 Å². The molecule has 0 aromatic carbocycles. The summed E-state index contributed by atoms with van der Waals surface area (Å²) in [6.45, 7) is 5.68. The topological polar surface area (TPSA) is 99.5 Å². The number of ether oxygens (including phenoxy) is 2. The first kappa shape index (κ1) is 18.4. The number of fused-ring (bicyclic) bond motifs is 1. The van der Waals surface area contributed by atoms with Gasteiger partial charge in [0.15, 0.2) is 0 Å². The summed E-state index contributed by atoms with van der Waals surface area (Å²) in [6.07, 6.45) is 0.114. The molecule has 2 aromatic heterocycles. The molecular weight excluding hydrogens is 326 g/mol. The van der Waals surface area contributed by atoms with Gasteiger partial charge in [-0.05, 0) is 32.9 Å². The molecule has 0 radical (unpaired) electrons. The number of nitrogens with zero attached hydrogens (tertiary/aromatic N) is 2. The molecule has 8 heteroatoms. The van der Waals surface area contributed by atoms with Crippen molar-refractivity contribution < 1.29 is 19.1 Å². The zero-order valence-electron chi connectivity index (χ0n) is 14.4. The summed E-state index contributed by atoms with van der Waals surface area (Å²) in [7, 11) is 0. The second-order valence-electron chi connectivity index (χ2n) is 6.29. The zero-order valence-corrected chi connectivity index (χ0v) is 14.4. The molecule has 1 amide bonds. The van der Waals surface area contributed by atoms with E-state index in [9.17, 15) is 14.4 Å². The highest BCUT2D eigenvalue weighted by atomic mass is 16.6. The number of alkyl carbamates (subject to hydrolysis) is 1. The second kappa shape index (κ2) is 7.78. The lowest BCUT2D eigenvalue weighted by Gasteiger charge is -2.19. The maximum Gasteiger partial charge on any atom is 0.407 e. The smallest absolute Gasteiger partial charge is 0.407 e. The van der Waals surface area contributed by atoms with Crippen LogP contribution in [0, 0.1) is 0 Å². The van der Waals surface area contributed by atoms with Crippen molar-refractivity contribution in [1.29, 1.82) is 0 Å². The Kier molecular flexibility index (Phi) is 5.74. The summed E-state index contributed by atoms with van der Waals surface area (Å²) < 4.78 is 11.9. The first-order chi connectivity index (χ1) is 11.8. The van der Waals surface area contributed by atoms with E-state index in [4.69, 9.17) is 9.47 Å². The van der Waals surface area contributed by atoms with Crippen molar-refractivity contribution in [3.8, 4) is 5.88 Å². The Bertz CT molecular complexity index is 823. The lowest BCUT2D eigenvalue weighted by molar-refractivity contribution is -0.108. The van der Waals surface area contributed by atoms with Gasteiger partial charge in [0.1, 0.15) is 24.1 Å². The van der Waals surface area contributed by atoms with Gasteiger partial charge >= 0.3 is 6.09 Å². The number of aldehydes is 1. The largest absolute Gasteiger partial charge is 0.476 e. The van der Waals surface area contributed by atoms with Gasteiger partial charge < -0.3 is 19.6 Å². The highest BCUT2D eigenvalue weighted by Gasteiger charge is 2.15. The normalized spacial score (nSPS) is 11.2. The number of hydrogen-bond acceptors (Lipinski definition) is 6. The van der Waals surface area contributed by atoms with Crippen LogP contribution in [0.2, 0.25) is 0 Å². The molecule has 0 spiro atoms. The summed E-state index contributed by atoms with van der Waals surface area (Å²) in [5.74, 6) is 0.295. The first-order valence-corrected chi connectivity index (χ1v) is 7.84. The third-order valence-corrected chi connectivity index (χ3v) is 3.08. The van der Waals surface area contributed by atoms with Gasteiger partial charge in [0, 0.05) is 17.5 Å². The molecule has 0 saturated carbocycles. The van der Waals surface area contributed by atoms with Crippen molar-refractivity contribution in [3.63, 3.8) is 0 Å². The quantitative estimate of drug-likeness (QED) is 0.628. The Morgan fingerprint density at radius 2 is 2.00 bits per heavy atom. The van der Waals surface area contributed by atoms with Crippen LogP contribution in [-0.2, 0) is 16.1 Å². The fourth-order valence-electron chi connectivity index (χ4n) is 2.10. The van der Waals surface area contributed by atoms with Crippen LogP contribution in [0.25, 0.3) is 11.0 Å². The van der Waals surface area contributed by atoms with Crippen molar-refractivity contribution >= 4 is 23.4 Å². The van der Waals surface area contributed by atoms with Gasteiger partial charge in [-0.25, -0.2) is 4.79 Å². The molecule has 0 saturated heterocycles. The molecule has 0 aliphatic carbocycles.